The van der Waals surface area contributed by atoms with Gasteiger partial charge in [0, 0.05) is 17.7 Å². The van der Waals surface area contributed by atoms with Gasteiger partial charge >= 0.3 is 0 Å². The molecule has 134 valence electrons. The Balaban J connectivity index is 1.68. The molecule has 1 fully saturated rings. The summed E-state index contributed by atoms with van der Waals surface area (Å²) in [5.74, 6) is -3.11. The van der Waals surface area contributed by atoms with Crippen LogP contribution < -0.4 is 4.90 Å². The van der Waals surface area contributed by atoms with Crippen LogP contribution in [0.4, 0.5) is 11.4 Å². The molecule has 0 bridgehead atoms. The Labute approximate surface area is 152 Å². The number of nitro benzene ring substituents is 1. The van der Waals surface area contributed by atoms with Crippen molar-refractivity contribution < 1.29 is 24.1 Å². The monoisotopic (exact) mass is 365 g/mol. The number of non-ortho nitro benzene ring substituents is 1. The van der Waals surface area contributed by atoms with E-state index in [-0.39, 0.29) is 17.1 Å². The maximum absolute atomic E-state index is 12.8. The summed E-state index contributed by atoms with van der Waals surface area (Å²) in [4.78, 5) is 54.3. The highest BCUT2D eigenvalue weighted by Crippen LogP contribution is 2.35. The molecule has 0 aromatic heterocycles. The third-order valence-corrected chi connectivity index (χ3v) is 4.38. The van der Waals surface area contributed by atoms with Crippen LogP contribution in [0.15, 0.2) is 59.8 Å². The Morgan fingerprint density at radius 2 is 1.81 bits per heavy atom. The molecule has 2 aromatic carbocycles. The molecule has 2 aliphatic rings. The number of amides is 2. The number of Topliss-reactive ketones (excluding diaryl/α,β-unsaturated/α-hetero) is 1. The molecule has 0 spiro atoms. The van der Waals surface area contributed by atoms with Gasteiger partial charge in [0.1, 0.15) is 11.6 Å². The van der Waals surface area contributed by atoms with E-state index in [1.54, 1.807) is 30.3 Å². The van der Waals surface area contributed by atoms with Crippen LogP contribution in [0.1, 0.15) is 10.4 Å². The summed E-state index contributed by atoms with van der Waals surface area (Å²) < 4.78 is 0. The number of benzene rings is 2. The van der Waals surface area contributed by atoms with E-state index in [2.05, 4.69) is 5.16 Å². The lowest BCUT2D eigenvalue weighted by Gasteiger charge is -2.14. The fourth-order valence-corrected chi connectivity index (χ4v) is 3.10. The van der Waals surface area contributed by atoms with Gasteiger partial charge in [-0.2, -0.15) is 0 Å². The van der Waals surface area contributed by atoms with Crippen molar-refractivity contribution in [3.05, 3.63) is 70.3 Å². The molecule has 0 aliphatic carbocycles. The predicted octanol–water partition coefficient (Wildman–Crippen LogP) is 1.72. The van der Waals surface area contributed by atoms with Gasteiger partial charge in [0.05, 0.1) is 10.6 Å². The van der Waals surface area contributed by atoms with Crippen molar-refractivity contribution in [1.82, 2.24) is 0 Å². The molecule has 0 radical (unpaired) electrons. The molecule has 2 amide bonds. The molecule has 2 aromatic rings. The summed E-state index contributed by atoms with van der Waals surface area (Å²) in [5.41, 5.74) is -0.0592. The average Bonchev–Trinajstić information content (AvgIpc) is 3.22. The number of carbonyl (C=O) groups excluding carboxylic acids is 3. The Hall–Kier alpha value is -3.88. The largest absolute Gasteiger partial charge is 0.381 e. The van der Waals surface area contributed by atoms with Crippen LogP contribution in [-0.2, 0) is 14.4 Å². The molecule has 0 saturated carbocycles. The SMILES string of the molecule is O=C(C1=NO[C@@H]2C(=O)N(c3cccc([N+](=O)[O-])c3)C(=O)[C@H]12)c1ccccc1. The first-order valence-corrected chi connectivity index (χ1v) is 7.95. The van der Waals surface area contributed by atoms with Crippen LogP contribution in [0.2, 0.25) is 0 Å². The van der Waals surface area contributed by atoms with E-state index in [1.807, 2.05) is 0 Å². The molecule has 2 heterocycles. The van der Waals surface area contributed by atoms with Crippen LogP contribution in [0.5, 0.6) is 0 Å². The minimum atomic E-state index is -1.25. The lowest BCUT2D eigenvalue weighted by Crippen LogP contribution is -2.34. The predicted molar refractivity (Wildman–Crippen MR) is 92.2 cm³/mol. The van der Waals surface area contributed by atoms with Gasteiger partial charge in [0.15, 0.2) is 0 Å². The van der Waals surface area contributed by atoms with Crippen molar-refractivity contribution in [2.24, 2.45) is 11.1 Å². The zero-order valence-corrected chi connectivity index (χ0v) is 13.6. The first kappa shape index (κ1) is 16.6. The van der Waals surface area contributed by atoms with Crippen LogP contribution >= 0.6 is 0 Å². The van der Waals surface area contributed by atoms with Gasteiger partial charge in [-0.05, 0) is 6.07 Å². The normalized spacial score (nSPS) is 20.9. The topological polar surface area (TPSA) is 119 Å². The zero-order chi connectivity index (χ0) is 19.1. The second-order valence-electron chi connectivity index (χ2n) is 5.96. The van der Waals surface area contributed by atoms with Crippen LogP contribution in [0.25, 0.3) is 0 Å². The molecule has 0 N–H and O–H groups in total. The second kappa shape index (κ2) is 6.13. The van der Waals surface area contributed by atoms with E-state index in [9.17, 15) is 24.5 Å². The molecule has 1 saturated heterocycles. The van der Waals surface area contributed by atoms with Crippen LogP contribution in [0.3, 0.4) is 0 Å². The third-order valence-electron chi connectivity index (χ3n) is 4.38. The molecule has 4 rings (SSSR count). The number of oxime groups is 1. The van der Waals surface area contributed by atoms with Crippen molar-refractivity contribution >= 4 is 34.7 Å². The lowest BCUT2D eigenvalue weighted by atomic mass is 9.93. The van der Waals surface area contributed by atoms with E-state index in [1.165, 1.54) is 18.2 Å². The van der Waals surface area contributed by atoms with E-state index >= 15 is 0 Å². The maximum atomic E-state index is 12.8. The van der Waals surface area contributed by atoms with E-state index < -0.39 is 34.5 Å². The number of anilines is 1. The highest BCUT2D eigenvalue weighted by Gasteiger charge is 2.57. The Morgan fingerprint density at radius 1 is 1.07 bits per heavy atom. The van der Waals surface area contributed by atoms with Crippen LogP contribution in [-0.4, -0.2) is 34.3 Å². The maximum Gasteiger partial charge on any atom is 0.278 e. The van der Waals surface area contributed by atoms with Gasteiger partial charge in [-0.25, -0.2) is 4.90 Å². The first-order chi connectivity index (χ1) is 13.0. The standard InChI is InChI=1S/C18H11N3O6/c22-15(10-5-2-1-3-6-10)14-13-16(27-19-14)18(24)20(17(13)23)11-7-4-8-12(9-11)21(25)26/h1-9,13,16H/t13-,16+/m1/s1. The molecule has 27 heavy (non-hydrogen) atoms. The van der Waals surface area contributed by atoms with Crippen molar-refractivity contribution in [2.45, 2.75) is 6.10 Å². The van der Waals surface area contributed by atoms with Crippen LogP contribution in [0, 0.1) is 16.0 Å². The van der Waals surface area contributed by atoms with E-state index in [4.69, 9.17) is 4.84 Å². The summed E-state index contributed by atoms with van der Waals surface area (Å²) in [5, 5.41) is 14.6. The highest BCUT2D eigenvalue weighted by molar-refractivity contribution is 6.52. The number of nitrogens with zero attached hydrogens (tertiary/aromatic N) is 3. The zero-order valence-electron chi connectivity index (χ0n) is 13.6. The third kappa shape index (κ3) is 2.56. The molecule has 2 atom stereocenters. The summed E-state index contributed by atoms with van der Waals surface area (Å²) in [6, 6.07) is 13.3. The van der Waals surface area contributed by atoms with Crippen molar-refractivity contribution in [3.63, 3.8) is 0 Å². The lowest BCUT2D eigenvalue weighted by molar-refractivity contribution is -0.384. The summed E-state index contributed by atoms with van der Waals surface area (Å²) in [6.45, 7) is 0. The quantitative estimate of drug-likeness (QED) is 0.352. The van der Waals surface area contributed by atoms with Crippen molar-refractivity contribution in [1.29, 1.82) is 0 Å². The van der Waals surface area contributed by atoms with E-state index in [0.29, 0.717) is 5.56 Å². The summed E-state index contributed by atoms with van der Waals surface area (Å²) in [7, 11) is 0. The van der Waals surface area contributed by atoms with Gasteiger partial charge in [0.2, 0.25) is 17.8 Å². The number of hydrogen-bond donors (Lipinski definition) is 0. The Bertz CT molecular complexity index is 1020. The smallest absolute Gasteiger partial charge is 0.278 e. The van der Waals surface area contributed by atoms with Gasteiger partial charge in [-0.3, -0.25) is 24.5 Å². The number of fused-ring (bicyclic) bond motifs is 1. The molecular formula is C18H11N3O6. The van der Waals surface area contributed by atoms with Gasteiger partial charge < -0.3 is 4.84 Å². The molecule has 9 heteroatoms. The highest BCUT2D eigenvalue weighted by atomic mass is 16.7. The number of hydrogen-bond acceptors (Lipinski definition) is 7. The second-order valence-corrected chi connectivity index (χ2v) is 5.96. The fourth-order valence-electron chi connectivity index (χ4n) is 3.10. The van der Waals surface area contributed by atoms with Gasteiger partial charge in [-0.1, -0.05) is 41.6 Å². The van der Waals surface area contributed by atoms with Gasteiger partial charge in [0.25, 0.3) is 11.6 Å². The average molecular weight is 365 g/mol. The first-order valence-electron chi connectivity index (χ1n) is 7.95. The van der Waals surface area contributed by atoms with Gasteiger partial charge in [-0.15, -0.1) is 0 Å². The minimum Gasteiger partial charge on any atom is -0.381 e. The minimum absolute atomic E-state index is 0.0451. The number of ketones is 1. The molecular weight excluding hydrogens is 354 g/mol. The Morgan fingerprint density at radius 3 is 2.52 bits per heavy atom. The number of carbonyl (C=O) groups is 3. The summed E-state index contributed by atoms with van der Waals surface area (Å²) >= 11 is 0. The van der Waals surface area contributed by atoms with Crippen molar-refractivity contribution in [3.8, 4) is 0 Å². The number of rotatable bonds is 4. The summed E-state index contributed by atoms with van der Waals surface area (Å²) in [6.07, 6.45) is -1.25. The molecule has 2 aliphatic heterocycles. The Kier molecular flexibility index (Phi) is 3.76. The van der Waals surface area contributed by atoms with Crippen molar-refractivity contribution in [2.75, 3.05) is 4.90 Å². The fraction of sp³-hybridized carbons (Fsp3) is 0.111. The van der Waals surface area contributed by atoms with E-state index in [0.717, 1.165) is 11.0 Å². The molecule has 9 nitrogen and oxygen atoms in total. The molecule has 0 unspecified atom stereocenters. The number of imide groups is 1. The number of nitro groups is 1.